The SMILES string of the molecule is CNCC1CC(Oc2nc(C(F)(F)F)ccc2C(N)=O)C1. The summed E-state index contributed by atoms with van der Waals surface area (Å²) in [5.74, 6) is -0.787. The number of hydrogen-bond donors (Lipinski definition) is 2. The second kappa shape index (κ2) is 5.88. The van der Waals surface area contributed by atoms with E-state index in [-0.39, 0.29) is 17.5 Å². The number of nitrogens with one attached hydrogen (secondary N) is 1. The van der Waals surface area contributed by atoms with Gasteiger partial charge in [0.15, 0.2) is 0 Å². The van der Waals surface area contributed by atoms with Crippen molar-refractivity contribution in [2.75, 3.05) is 13.6 Å². The Balaban J connectivity index is 2.14. The summed E-state index contributed by atoms with van der Waals surface area (Å²) in [6, 6.07) is 1.72. The smallest absolute Gasteiger partial charge is 0.433 e. The van der Waals surface area contributed by atoms with Crippen molar-refractivity contribution in [3.05, 3.63) is 23.4 Å². The van der Waals surface area contributed by atoms with Crippen LogP contribution in [0.3, 0.4) is 0 Å². The van der Waals surface area contributed by atoms with Crippen LogP contribution in [-0.2, 0) is 6.18 Å². The number of amides is 1. The first-order valence-electron chi connectivity index (χ1n) is 6.50. The lowest BCUT2D eigenvalue weighted by molar-refractivity contribution is -0.141. The molecule has 0 unspecified atom stereocenters. The molecule has 2 rings (SSSR count). The Bertz CT molecular complexity index is 528. The van der Waals surface area contributed by atoms with Crippen LogP contribution in [0.25, 0.3) is 0 Å². The van der Waals surface area contributed by atoms with Gasteiger partial charge in [-0.3, -0.25) is 4.79 Å². The fourth-order valence-electron chi connectivity index (χ4n) is 2.26. The van der Waals surface area contributed by atoms with E-state index in [2.05, 4.69) is 10.3 Å². The van der Waals surface area contributed by atoms with E-state index in [1.165, 1.54) is 0 Å². The second-order valence-corrected chi connectivity index (χ2v) is 5.05. The number of carbonyl (C=O) groups excluding carboxylic acids is 1. The highest BCUT2D eigenvalue weighted by molar-refractivity contribution is 5.95. The fraction of sp³-hybridized carbons (Fsp3) is 0.538. The average Bonchev–Trinajstić information content (AvgIpc) is 2.34. The van der Waals surface area contributed by atoms with Gasteiger partial charge in [-0.05, 0) is 44.5 Å². The largest absolute Gasteiger partial charge is 0.474 e. The molecule has 0 radical (unpaired) electrons. The number of carbonyl (C=O) groups is 1. The first kappa shape index (κ1) is 15.6. The van der Waals surface area contributed by atoms with Gasteiger partial charge < -0.3 is 15.8 Å². The Hall–Kier alpha value is -1.83. The van der Waals surface area contributed by atoms with Crippen molar-refractivity contribution in [1.29, 1.82) is 0 Å². The van der Waals surface area contributed by atoms with Crippen LogP contribution in [0.2, 0.25) is 0 Å². The van der Waals surface area contributed by atoms with Gasteiger partial charge in [0.25, 0.3) is 5.91 Å². The van der Waals surface area contributed by atoms with Crippen LogP contribution < -0.4 is 15.8 Å². The summed E-state index contributed by atoms with van der Waals surface area (Å²) in [5.41, 5.74) is 3.89. The number of primary amides is 1. The van der Waals surface area contributed by atoms with Gasteiger partial charge in [-0.2, -0.15) is 13.2 Å². The molecule has 5 nitrogen and oxygen atoms in total. The highest BCUT2D eigenvalue weighted by atomic mass is 19.4. The van der Waals surface area contributed by atoms with Gasteiger partial charge in [-0.1, -0.05) is 0 Å². The zero-order valence-electron chi connectivity index (χ0n) is 11.4. The predicted octanol–water partition coefficient (Wildman–Crippen LogP) is 1.58. The van der Waals surface area contributed by atoms with Crippen LogP contribution in [-0.4, -0.2) is 30.6 Å². The van der Waals surface area contributed by atoms with Crippen LogP contribution in [0.4, 0.5) is 13.2 Å². The number of nitrogens with zero attached hydrogens (tertiary/aromatic N) is 1. The maximum Gasteiger partial charge on any atom is 0.433 e. The van der Waals surface area contributed by atoms with Gasteiger partial charge >= 0.3 is 6.18 Å². The second-order valence-electron chi connectivity index (χ2n) is 5.05. The van der Waals surface area contributed by atoms with Crippen LogP contribution in [0.15, 0.2) is 12.1 Å². The molecule has 1 saturated carbocycles. The molecule has 1 aromatic heterocycles. The third kappa shape index (κ3) is 3.63. The van der Waals surface area contributed by atoms with E-state index >= 15 is 0 Å². The Morgan fingerprint density at radius 2 is 2.14 bits per heavy atom. The molecule has 0 aliphatic heterocycles. The Kier molecular flexibility index (Phi) is 4.36. The summed E-state index contributed by atoms with van der Waals surface area (Å²) in [6.07, 6.45) is -3.42. The lowest BCUT2D eigenvalue weighted by atomic mass is 9.82. The Labute approximate surface area is 119 Å². The van der Waals surface area contributed by atoms with Crippen molar-refractivity contribution in [3.8, 4) is 5.88 Å². The normalized spacial score (nSPS) is 21.7. The minimum atomic E-state index is -4.59. The highest BCUT2D eigenvalue weighted by Crippen LogP contribution is 2.34. The average molecular weight is 303 g/mol. The van der Waals surface area contributed by atoms with Crippen LogP contribution in [0, 0.1) is 5.92 Å². The van der Waals surface area contributed by atoms with Gasteiger partial charge in [-0.25, -0.2) is 4.98 Å². The van der Waals surface area contributed by atoms with Gasteiger partial charge in [0.05, 0.1) is 0 Å². The van der Waals surface area contributed by atoms with E-state index < -0.39 is 17.8 Å². The zero-order chi connectivity index (χ0) is 15.6. The van der Waals surface area contributed by atoms with Crippen LogP contribution in [0.1, 0.15) is 28.9 Å². The number of hydrogen-bond acceptors (Lipinski definition) is 4. The van der Waals surface area contributed by atoms with E-state index in [9.17, 15) is 18.0 Å². The first-order valence-corrected chi connectivity index (χ1v) is 6.50. The summed E-state index contributed by atoms with van der Waals surface area (Å²) in [7, 11) is 1.83. The molecule has 21 heavy (non-hydrogen) atoms. The summed E-state index contributed by atoms with van der Waals surface area (Å²) in [5, 5.41) is 3.02. The van der Waals surface area contributed by atoms with Crippen LogP contribution in [0.5, 0.6) is 5.88 Å². The van der Waals surface area contributed by atoms with E-state index in [0.717, 1.165) is 18.7 Å². The monoisotopic (exact) mass is 303 g/mol. The minimum absolute atomic E-state index is 0.139. The summed E-state index contributed by atoms with van der Waals surface area (Å²) < 4.78 is 43.4. The van der Waals surface area contributed by atoms with E-state index in [0.29, 0.717) is 18.8 Å². The summed E-state index contributed by atoms with van der Waals surface area (Å²) >= 11 is 0. The standard InChI is InChI=1S/C13H16F3N3O2/c1-18-6-7-4-8(5-7)21-12-9(11(17)20)2-3-10(19-12)13(14,15)16/h2-3,7-8,18H,4-6H2,1H3,(H2,17,20). The van der Waals surface area contributed by atoms with Crippen molar-refractivity contribution >= 4 is 5.91 Å². The predicted molar refractivity (Wildman–Crippen MR) is 68.8 cm³/mol. The number of pyridine rings is 1. The topological polar surface area (TPSA) is 77.2 Å². The molecule has 8 heteroatoms. The van der Waals surface area contributed by atoms with Gasteiger partial charge in [0.2, 0.25) is 5.88 Å². The number of ether oxygens (including phenoxy) is 1. The van der Waals surface area contributed by atoms with E-state index in [4.69, 9.17) is 10.5 Å². The highest BCUT2D eigenvalue weighted by Gasteiger charge is 2.35. The number of halogens is 3. The minimum Gasteiger partial charge on any atom is -0.474 e. The molecular weight excluding hydrogens is 287 g/mol. The number of alkyl halides is 3. The number of nitrogens with two attached hydrogens (primary N) is 1. The van der Waals surface area contributed by atoms with E-state index in [1.807, 2.05) is 7.05 Å². The molecule has 0 atom stereocenters. The van der Waals surface area contributed by atoms with Gasteiger partial charge in [-0.15, -0.1) is 0 Å². The Morgan fingerprint density at radius 3 is 2.67 bits per heavy atom. The lowest BCUT2D eigenvalue weighted by Crippen LogP contribution is -2.39. The third-order valence-electron chi connectivity index (χ3n) is 3.38. The molecule has 1 aromatic rings. The fourth-order valence-corrected chi connectivity index (χ4v) is 2.26. The molecule has 0 aromatic carbocycles. The van der Waals surface area contributed by atoms with Gasteiger partial charge in [0.1, 0.15) is 17.4 Å². The van der Waals surface area contributed by atoms with E-state index in [1.54, 1.807) is 0 Å². The van der Waals surface area contributed by atoms with Crippen molar-refractivity contribution in [1.82, 2.24) is 10.3 Å². The van der Waals surface area contributed by atoms with Gasteiger partial charge in [0, 0.05) is 0 Å². The molecule has 1 aliphatic carbocycles. The molecule has 3 N–H and O–H groups in total. The number of rotatable bonds is 5. The molecule has 1 aliphatic rings. The molecule has 1 heterocycles. The molecule has 0 bridgehead atoms. The number of aromatic nitrogens is 1. The molecule has 116 valence electrons. The van der Waals surface area contributed by atoms with Crippen LogP contribution >= 0.6 is 0 Å². The molecule has 0 spiro atoms. The third-order valence-corrected chi connectivity index (χ3v) is 3.38. The summed E-state index contributed by atoms with van der Waals surface area (Å²) in [4.78, 5) is 14.6. The molecule has 1 amide bonds. The van der Waals surface area contributed by atoms with Crippen molar-refractivity contribution in [2.45, 2.75) is 25.1 Å². The molecule has 0 saturated heterocycles. The van der Waals surface area contributed by atoms with Crippen molar-refractivity contribution in [3.63, 3.8) is 0 Å². The first-order chi connectivity index (χ1) is 9.81. The van der Waals surface area contributed by atoms with Crippen molar-refractivity contribution in [2.24, 2.45) is 11.7 Å². The molecule has 1 fully saturated rings. The Morgan fingerprint density at radius 1 is 1.48 bits per heavy atom. The zero-order valence-corrected chi connectivity index (χ0v) is 11.4. The lowest BCUT2D eigenvalue weighted by Gasteiger charge is -2.35. The summed E-state index contributed by atoms with van der Waals surface area (Å²) in [6.45, 7) is 0.818. The molecular formula is C13H16F3N3O2. The quantitative estimate of drug-likeness (QED) is 0.865. The van der Waals surface area contributed by atoms with Crippen molar-refractivity contribution < 1.29 is 22.7 Å². The maximum atomic E-state index is 12.7. The maximum absolute atomic E-state index is 12.7.